The molecule has 0 aromatic carbocycles. The lowest BCUT2D eigenvalue weighted by molar-refractivity contribution is -0.137. The smallest absolute Gasteiger partial charge is 0.228 e. The quantitative estimate of drug-likeness (QED) is 0.818. The first kappa shape index (κ1) is 16.1. The number of piperazine rings is 1. The molecule has 6 nitrogen and oxygen atoms in total. The van der Waals surface area contributed by atoms with E-state index in [1.54, 1.807) is 11.2 Å². The largest absolute Gasteiger partial charge is 0.467 e. The predicted molar refractivity (Wildman–Crippen MR) is 85.5 cm³/mol. The van der Waals surface area contributed by atoms with Gasteiger partial charge in [0, 0.05) is 39.1 Å². The minimum absolute atomic E-state index is 0.0457. The van der Waals surface area contributed by atoms with Crippen molar-refractivity contribution in [2.75, 3.05) is 39.3 Å². The van der Waals surface area contributed by atoms with E-state index >= 15 is 0 Å². The van der Waals surface area contributed by atoms with Crippen molar-refractivity contribution in [2.45, 2.75) is 26.3 Å². The van der Waals surface area contributed by atoms with Gasteiger partial charge in [0.15, 0.2) is 0 Å². The minimum atomic E-state index is -0.199. The van der Waals surface area contributed by atoms with E-state index in [4.69, 9.17) is 4.42 Å². The topological polar surface area (TPSA) is 57.0 Å². The van der Waals surface area contributed by atoms with Gasteiger partial charge < -0.3 is 14.2 Å². The van der Waals surface area contributed by atoms with E-state index in [0.717, 1.165) is 44.9 Å². The number of hydrogen-bond donors (Lipinski definition) is 0. The van der Waals surface area contributed by atoms with Crippen molar-refractivity contribution in [3.05, 3.63) is 24.2 Å². The number of carbonyl (C=O) groups is 2. The molecule has 0 radical (unpaired) electrons. The first-order valence-corrected chi connectivity index (χ1v) is 8.48. The highest BCUT2D eigenvalue weighted by Crippen LogP contribution is 2.23. The fourth-order valence-electron chi connectivity index (χ4n) is 3.45. The second-order valence-corrected chi connectivity index (χ2v) is 6.42. The summed E-state index contributed by atoms with van der Waals surface area (Å²) in [5.74, 6) is 0.746. The number of amides is 2. The van der Waals surface area contributed by atoms with Crippen molar-refractivity contribution in [1.82, 2.24) is 14.7 Å². The van der Waals surface area contributed by atoms with Gasteiger partial charge in [0.2, 0.25) is 11.8 Å². The predicted octanol–water partition coefficient (Wildman–Crippen LogP) is 1.18. The molecule has 0 bridgehead atoms. The zero-order valence-electron chi connectivity index (χ0n) is 13.7. The molecule has 2 aliphatic heterocycles. The summed E-state index contributed by atoms with van der Waals surface area (Å²) in [7, 11) is 0. The third-order valence-electron chi connectivity index (χ3n) is 4.71. The van der Waals surface area contributed by atoms with Gasteiger partial charge in [-0.15, -0.1) is 0 Å². The summed E-state index contributed by atoms with van der Waals surface area (Å²) >= 11 is 0. The molecule has 23 heavy (non-hydrogen) atoms. The second kappa shape index (κ2) is 7.17. The van der Waals surface area contributed by atoms with E-state index in [2.05, 4.69) is 11.8 Å². The normalized spacial score (nSPS) is 22.8. The molecule has 1 unspecified atom stereocenters. The van der Waals surface area contributed by atoms with Crippen molar-refractivity contribution in [3.8, 4) is 0 Å². The van der Waals surface area contributed by atoms with Crippen LogP contribution in [-0.4, -0.2) is 65.8 Å². The molecule has 3 rings (SSSR count). The molecule has 1 aromatic heterocycles. The molecule has 0 N–H and O–H groups in total. The van der Waals surface area contributed by atoms with Crippen LogP contribution >= 0.6 is 0 Å². The Bertz CT molecular complexity index is 535. The molecular weight excluding hydrogens is 294 g/mol. The second-order valence-electron chi connectivity index (χ2n) is 6.42. The van der Waals surface area contributed by atoms with Gasteiger partial charge in [0.25, 0.3) is 0 Å². The average molecular weight is 319 g/mol. The average Bonchev–Trinajstić information content (AvgIpc) is 3.19. The first-order valence-electron chi connectivity index (χ1n) is 8.48. The lowest BCUT2D eigenvalue weighted by atomic mass is 10.1. The third kappa shape index (κ3) is 3.75. The Morgan fingerprint density at radius 1 is 1.30 bits per heavy atom. The van der Waals surface area contributed by atoms with Crippen LogP contribution in [0.1, 0.15) is 25.5 Å². The van der Waals surface area contributed by atoms with Crippen LogP contribution in [0.15, 0.2) is 22.8 Å². The number of furan rings is 1. The van der Waals surface area contributed by atoms with E-state index in [1.807, 2.05) is 17.0 Å². The van der Waals surface area contributed by atoms with Crippen LogP contribution < -0.4 is 0 Å². The van der Waals surface area contributed by atoms with Crippen molar-refractivity contribution in [3.63, 3.8) is 0 Å². The molecule has 2 aliphatic rings. The Morgan fingerprint density at radius 3 is 2.74 bits per heavy atom. The van der Waals surface area contributed by atoms with Gasteiger partial charge in [-0.25, -0.2) is 0 Å². The Kier molecular flexibility index (Phi) is 5.00. The van der Waals surface area contributed by atoms with Crippen molar-refractivity contribution >= 4 is 11.8 Å². The van der Waals surface area contributed by atoms with Gasteiger partial charge in [0.05, 0.1) is 18.7 Å². The highest BCUT2D eigenvalue weighted by Gasteiger charge is 2.37. The molecule has 1 atom stereocenters. The summed E-state index contributed by atoms with van der Waals surface area (Å²) in [4.78, 5) is 30.9. The zero-order valence-corrected chi connectivity index (χ0v) is 13.7. The molecule has 0 spiro atoms. The van der Waals surface area contributed by atoms with Gasteiger partial charge in [0.1, 0.15) is 5.76 Å². The molecule has 0 aliphatic carbocycles. The highest BCUT2D eigenvalue weighted by atomic mass is 16.3. The summed E-state index contributed by atoms with van der Waals surface area (Å²) in [6, 6.07) is 3.67. The van der Waals surface area contributed by atoms with Crippen LogP contribution in [0.3, 0.4) is 0 Å². The van der Waals surface area contributed by atoms with E-state index in [1.165, 1.54) is 0 Å². The minimum Gasteiger partial charge on any atom is -0.467 e. The van der Waals surface area contributed by atoms with Gasteiger partial charge >= 0.3 is 0 Å². The Balaban J connectivity index is 1.52. The maximum Gasteiger partial charge on any atom is 0.228 e. The van der Waals surface area contributed by atoms with Crippen LogP contribution in [0.25, 0.3) is 0 Å². The molecule has 3 heterocycles. The molecule has 6 heteroatoms. The molecule has 2 amide bonds. The van der Waals surface area contributed by atoms with Gasteiger partial charge in [-0.05, 0) is 25.1 Å². The van der Waals surface area contributed by atoms with E-state index in [9.17, 15) is 9.59 Å². The summed E-state index contributed by atoms with van der Waals surface area (Å²) in [6.45, 7) is 7.68. The van der Waals surface area contributed by atoms with Crippen LogP contribution in [0.5, 0.6) is 0 Å². The fourth-order valence-corrected chi connectivity index (χ4v) is 3.45. The van der Waals surface area contributed by atoms with Gasteiger partial charge in [-0.3, -0.25) is 14.5 Å². The molecule has 126 valence electrons. The fraction of sp³-hybridized carbons (Fsp3) is 0.647. The lowest BCUT2D eigenvalue weighted by Gasteiger charge is -2.35. The standard InChI is InChI=1S/C17H25N3O3/c1-2-5-18-6-8-19(9-7-18)17(22)14-11-16(21)20(12-14)13-15-4-3-10-23-15/h3-4,10,14H,2,5-9,11-13H2,1H3. The van der Waals surface area contributed by atoms with E-state index in [-0.39, 0.29) is 17.7 Å². The highest BCUT2D eigenvalue weighted by molar-refractivity contribution is 5.89. The summed E-state index contributed by atoms with van der Waals surface area (Å²) in [5, 5.41) is 0. The van der Waals surface area contributed by atoms with Gasteiger partial charge in [-0.2, -0.15) is 0 Å². The monoisotopic (exact) mass is 319 g/mol. The number of carbonyl (C=O) groups excluding carboxylic acids is 2. The number of hydrogen-bond acceptors (Lipinski definition) is 4. The van der Waals surface area contributed by atoms with Crippen LogP contribution in [0, 0.1) is 5.92 Å². The Labute approximate surface area is 137 Å². The van der Waals surface area contributed by atoms with Crippen LogP contribution in [-0.2, 0) is 16.1 Å². The van der Waals surface area contributed by atoms with Crippen molar-refractivity contribution < 1.29 is 14.0 Å². The number of rotatable bonds is 5. The molecule has 0 saturated carbocycles. The Morgan fingerprint density at radius 2 is 2.09 bits per heavy atom. The van der Waals surface area contributed by atoms with E-state index in [0.29, 0.717) is 19.5 Å². The van der Waals surface area contributed by atoms with Crippen LogP contribution in [0.2, 0.25) is 0 Å². The van der Waals surface area contributed by atoms with E-state index < -0.39 is 0 Å². The maximum atomic E-state index is 12.7. The maximum absolute atomic E-state index is 12.7. The number of likely N-dealkylation sites (tertiary alicyclic amines) is 1. The summed E-state index contributed by atoms with van der Waals surface area (Å²) < 4.78 is 5.30. The van der Waals surface area contributed by atoms with Crippen molar-refractivity contribution in [2.24, 2.45) is 5.92 Å². The van der Waals surface area contributed by atoms with Gasteiger partial charge in [-0.1, -0.05) is 6.92 Å². The molecule has 2 saturated heterocycles. The number of nitrogens with zero attached hydrogens (tertiary/aromatic N) is 3. The van der Waals surface area contributed by atoms with Crippen LogP contribution in [0.4, 0.5) is 0 Å². The SMILES string of the molecule is CCCN1CCN(C(=O)C2CC(=O)N(Cc3ccco3)C2)CC1. The van der Waals surface area contributed by atoms with Crippen molar-refractivity contribution in [1.29, 1.82) is 0 Å². The zero-order chi connectivity index (χ0) is 16.2. The Hall–Kier alpha value is -1.82. The first-order chi connectivity index (χ1) is 11.2. The lowest BCUT2D eigenvalue weighted by Crippen LogP contribution is -2.50. The summed E-state index contributed by atoms with van der Waals surface area (Å²) in [6.07, 6.45) is 3.08. The molecular formula is C17H25N3O3. The summed E-state index contributed by atoms with van der Waals surface area (Å²) in [5.41, 5.74) is 0. The third-order valence-corrected chi connectivity index (χ3v) is 4.71. The molecule has 1 aromatic rings. The molecule has 2 fully saturated rings.